The van der Waals surface area contributed by atoms with E-state index in [1.165, 1.54) is 42.0 Å². The highest BCUT2D eigenvalue weighted by Gasteiger charge is 2.29. The van der Waals surface area contributed by atoms with Crippen molar-refractivity contribution in [2.24, 2.45) is 0 Å². The molecule has 1 aliphatic rings. The first-order chi connectivity index (χ1) is 16.5. The van der Waals surface area contributed by atoms with Gasteiger partial charge in [-0.1, -0.05) is 12.1 Å². The quantitative estimate of drug-likeness (QED) is 0.316. The van der Waals surface area contributed by atoms with Crippen LogP contribution >= 0.6 is 23.1 Å². The lowest BCUT2D eigenvalue weighted by Gasteiger charge is -2.20. The maximum absolute atomic E-state index is 12.9. The average Bonchev–Trinajstić information content (AvgIpc) is 3.60. The summed E-state index contributed by atoms with van der Waals surface area (Å²) in [6.45, 7) is 1.36. The van der Waals surface area contributed by atoms with Crippen LogP contribution in [0.15, 0.2) is 40.7 Å². The normalized spacial score (nSPS) is 12.6. The minimum atomic E-state index is -0.598. The van der Waals surface area contributed by atoms with Crippen molar-refractivity contribution in [2.75, 3.05) is 18.3 Å². The zero-order chi connectivity index (χ0) is 24.2. The molecule has 34 heavy (non-hydrogen) atoms. The number of amides is 1. The predicted octanol–water partition coefficient (Wildman–Crippen LogP) is 5.06. The van der Waals surface area contributed by atoms with E-state index in [0.29, 0.717) is 33.2 Å². The van der Waals surface area contributed by atoms with Crippen LogP contribution < -0.4 is 9.64 Å². The second kappa shape index (κ2) is 10.2. The fourth-order valence-corrected chi connectivity index (χ4v) is 4.87. The van der Waals surface area contributed by atoms with Crippen LogP contribution in [0, 0.1) is 11.3 Å². The Morgan fingerprint density at radius 2 is 2.06 bits per heavy atom. The van der Waals surface area contributed by atoms with Crippen LogP contribution in [-0.4, -0.2) is 35.2 Å². The van der Waals surface area contributed by atoms with E-state index < -0.39 is 5.97 Å². The van der Waals surface area contributed by atoms with E-state index in [2.05, 4.69) is 16.0 Å². The number of rotatable bonds is 8. The van der Waals surface area contributed by atoms with Crippen LogP contribution in [0.5, 0.6) is 5.75 Å². The van der Waals surface area contributed by atoms with Crippen LogP contribution in [0.2, 0.25) is 0 Å². The molecule has 0 bridgehead atoms. The fraction of sp³-hybridized carbons (Fsp3) is 0.292. The minimum Gasteiger partial charge on any atom is -0.495 e. The van der Waals surface area contributed by atoms with Gasteiger partial charge in [-0.3, -0.25) is 9.69 Å². The Labute approximate surface area is 205 Å². The van der Waals surface area contributed by atoms with E-state index in [9.17, 15) is 14.9 Å². The number of thioether (sulfide) groups is 1. The van der Waals surface area contributed by atoms with Gasteiger partial charge in [0.05, 0.1) is 29.6 Å². The molecular weight excluding hydrogens is 472 g/mol. The Morgan fingerprint density at radius 3 is 2.71 bits per heavy atom. The van der Waals surface area contributed by atoms with Crippen molar-refractivity contribution in [2.45, 2.75) is 37.3 Å². The van der Waals surface area contributed by atoms with E-state index >= 15 is 0 Å². The van der Waals surface area contributed by atoms with Gasteiger partial charge in [0, 0.05) is 23.9 Å². The molecule has 0 unspecified atom stereocenters. The fourth-order valence-electron chi connectivity index (χ4n) is 3.45. The largest absolute Gasteiger partial charge is 0.495 e. The Bertz CT molecular complexity index is 1280. The number of methoxy groups -OCH3 is 1. The van der Waals surface area contributed by atoms with E-state index in [1.54, 1.807) is 23.6 Å². The van der Waals surface area contributed by atoms with E-state index in [0.717, 1.165) is 18.5 Å². The number of nitrogens with zero attached hydrogens (tertiary/aromatic N) is 4. The third-order valence-corrected chi connectivity index (χ3v) is 6.81. The molecule has 10 heteroatoms. The summed E-state index contributed by atoms with van der Waals surface area (Å²) in [7, 11) is 1.54. The molecular formula is C24H22N4O4S2. The topological polar surface area (TPSA) is 105 Å². The molecule has 2 aromatic heterocycles. The Morgan fingerprint density at radius 1 is 1.29 bits per heavy atom. The molecule has 3 aromatic rings. The number of aromatic nitrogens is 2. The summed E-state index contributed by atoms with van der Waals surface area (Å²) in [4.78, 5) is 35.8. The highest BCUT2D eigenvalue weighted by atomic mass is 32.2. The van der Waals surface area contributed by atoms with Crippen molar-refractivity contribution in [1.82, 2.24) is 9.97 Å². The van der Waals surface area contributed by atoms with Gasteiger partial charge in [0.2, 0.25) is 5.91 Å². The average molecular weight is 495 g/mol. The number of hydrogen-bond acceptors (Lipinski definition) is 9. The Kier molecular flexibility index (Phi) is 7.14. The summed E-state index contributed by atoms with van der Waals surface area (Å²) in [5.74, 6) is 0.0476. The molecule has 4 rings (SSSR count). The molecule has 0 aliphatic heterocycles. The number of anilines is 2. The number of pyridine rings is 1. The number of para-hydroxylation sites is 2. The smallest absolute Gasteiger partial charge is 0.340 e. The molecule has 1 amide bonds. The van der Waals surface area contributed by atoms with Crippen LogP contribution in [-0.2, 0) is 16.1 Å². The van der Waals surface area contributed by atoms with Crippen molar-refractivity contribution in [1.29, 1.82) is 5.26 Å². The van der Waals surface area contributed by atoms with Crippen LogP contribution in [0.3, 0.4) is 0 Å². The highest BCUT2D eigenvalue weighted by Crippen LogP contribution is 2.41. The third kappa shape index (κ3) is 4.90. The van der Waals surface area contributed by atoms with Gasteiger partial charge in [0.25, 0.3) is 0 Å². The summed E-state index contributed by atoms with van der Waals surface area (Å²) in [5.41, 5.74) is 2.33. The second-order valence-corrected chi connectivity index (χ2v) is 9.22. The standard InChI is InChI=1S/C24H22N4O4S2/c1-14(29)28(20-6-4-5-7-21(20)31-2)24-26-16(13-34-24)12-32-23(30)17-10-19(15-8-9-15)27-22(33-3)18(17)11-25/h4-7,10,13,15H,8-9,12H2,1-3H3. The number of thiazole rings is 1. The number of nitriles is 1. The second-order valence-electron chi connectivity index (χ2n) is 7.59. The number of benzene rings is 1. The number of esters is 1. The van der Waals surface area contributed by atoms with Crippen LogP contribution in [0.1, 0.15) is 53.0 Å². The highest BCUT2D eigenvalue weighted by molar-refractivity contribution is 7.98. The first kappa shape index (κ1) is 23.7. The van der Waals surface area contributed by atoms with Crippen molar-refractivity contribution < 1.29 is 19.1 Å². The molecule has 0 atom stereocenters. The minimum absolute atomic E-state index is 0.0897. The van der Waals surface area contributed by atoms with Gasteiger partial charge in [0.1, 0.15) is 23.5 Å². The molecule has 0 spiro atoms. The summed E-state index contributed by atoms with van der Waals surface area (Å²) in [6.07, 6.45) is 3.89. The maximum Gasteiger partial charge on any atom is 0.340 e. The van der Waals surface area contributed by atoms with Crippen molar-refractivity contribution >= 4 is 45.8 Å². The number of hydrogen-bond donors (Lipinski definition) is 0. The molecule has 174 valence electrons. The molecule has 1 fully saturated rings. The maximum atomic E-state index is 12.9. The van der Waals surface area contributed by atoms with Gasteiger partial charge in [-0.25, -0.2) is 14.8 Å². The van der Waals surface area contributed by atoms with Gasteiger partial charge in [-0.2, -0.15) is 5.26 Å². The monoisotopic (exact) mass is 494 g/mol. The van der Waals surface area contributed by atoms with Crippen molar-refractivity contribution in [3.63, 3.8) is 0 Å². The third-order valence-electron chi connectivity index (χ3n) is 5.25. The zero-order valence-corrected chi connectivity index (χ0v) is 20.5. The molecule has 8 nitrogen and oxygen atoms in total. The first-order valence-electron chi connectivity index (χ1n) is 10.5. The summed E-state index contributed by atoms with van der Waals surface area (Å²) < 4.78 is 10.9. The van der Waals surface area contributed by atoms with Gasteiger partial charge < -0.3 is 9.47 Å². The van der Waals surface area contributed by atoms with Crippen LogP contribution in [0.4, 0.5) is 10.8 Å². The Hall–Kier alpha value is -3.42. The van der Waals surface area contributed by atoms with E-state index in [1.807, 2.05) is 18.4 Å². The zero-order valence-electron chi connectivity index (χ0n) is 18.9. The molecule has 0 radical (unpaired) electrons. The van der Waals surface area contributed by atoms with E-state index in [4.69, 9.17) is 9.47 Å². The molecule has 0 saturated heterocycles. The Balaban J connectivity index is 1.54. The first-order valence-corrected chi connectivity index (χ1v) is 12.6. The van der Waals surface area contributed by atoms with Gasteiger partial charge >= 0.3 is 5.97 Å². The van der Waals surface area contributed by atoms with Crippen molar-refractivity contribution in [3.8, 4) is 11.8 Å². The van der Waals surface area contributed by atoms with Crippen molar-refractivity contribution in [3.05, 3.63) is 58.2 Å². The lowest BCUT2D eigenvalue weighted by molar-refractivity contribution is -0.115. The number of carbonyl (C=O) groups excluding carboxylic acids is 2. The lowest BCUT2D eigenvalue weighted by Crippen LogP contribution is -2.23. The van der Waals surface area contributed by atoms with Gasteiger partial charge in [-0.05, 0) is 37.3 Å². The predicted molar refractivity (Wildman–Crippen MR) is 130 cm³/mol. The van der Waals surface area contributed by atoms with Gasteiger partial charge in [-0.15, -0.1) is 23.1 Å². The lowest BCUT2D eigenvalue weighted by atomic mass is 10.1. The number of ether oxygens (including phenoxy) is 2. The summed E-state index contributed by atoms with van der Waals surface area (Å²) in [5, 5.41) is 12.3. The number of carbonyl (C=O) groups is 2. The molecule has 2 heterocycles. The summed E-state index contributed by atoms with van der Waals surface area (Å²) >= 11 is 2.59. The van der Waals surface area contributed by atoms with Crippen LogP contribution in [0.25, 0.3) is 0 Å². The van der Waals surface area contributed by atoms with E-state index in [-0.39, 0.29) is 23.6 Å². The van der Waals surface area contributed by atoms with Gasteiger partial charge in [0.15, 0.2) is 5.13 Å². The molecule has 1 aromatic carbocycles. The molecule has 0 N–H and O–H groups in total. The SMILES string of the molecule is COc1ccccc1N(C(C)=O)c1nc(COC(=O)c2cc(C3CC3)nc(SC)c2C#N)cs1. The molecule has 1 aliphatic carbocycles. The molecule has 1 saturated carbocycles. The summed E-state index contributed by atoms with van der Waals surface area (Å²) in [6, 6.07) is 10.9.